The maximum Gasteiger partial charge on any atom is 0.292 e. The van der Waals surface area contributed by atoms with Crippen LogP contribution in [0.3, 0.4) is 0 Å². The summed E-state index contributed by atoms with van der Waals surface area (Å²) in [5, 5.41) is 14.9. The Morgan fingerprint density at radius 1 is 0.898 bits per heavy atom. The number of carbonyl (C=O) groups excluding carboxylic acids is 4. The highest BCUT2D eigenvalue weighted by molar-refractivity contribution is 6.45. The molecule has 10 heteroatoms. The monoisotopic (exact) mass is 678 g/mol. The van der Waals surface area contributed by atoms with Crippen LogP contribution < -0.4 is 10.9 Å². The van der Waals surface area contributed by atoms with E-state index in [4.69, 9.17) is 0 Å². The molecule has 1 aromatic rings. The molecule has 0 fully saturated rings. The van der Waals surface area contributed by atoms with E-state index in [1.165, 1.54) is 14.0 Å². The van der Waals surface area contributed by atoms with Crippen molar-refractivity contribution >= 4 is 35.4 Å². The number of hydrazone groups is 1. The van der Waals surface area contributed by atoms with Crippen LogP contribution in [-0.2, 0) is 14.4 Å². The third-order valence-corrected chi connectivity index (χ3v) is 9.29. The average Bonchev–Trinajstić information content (AvgIpc) is 3.11. The molecule has 0 saturated carbocycles. The zero-order valence-corrected chi connectivity index (χ0v) is 31.4. The van der Waals surface area contributed by atoms with E-state index in [-0.39, 0.29) is 34.6 Å². The Bertz CT molecular complexity index is 1280. The number of nitrogens with zero attached hydrogens (tertiary/aromatic N) is 4. The summed E-state index contributed by atoms with van der Waals surface area (Å²) < 4.78 is 0. The van der Waals surface area contributed by atoms with E-state index >= 15 is 0 Å². The topological polar surface area (TPSA) is 135 Å². The number of unbranched alkanes of at least 4 members (excludes halogenated alkanes) is 3. The predicted molar refractivity (Wildman–Crippen MR) is 199 cm³/mol. The van der Waals surface area contributed by atoms with Crippen LogP contribution in [0.5, 0.6) is 0 Å². The van der Waals surface area contributed by atoms with Gasteiger partial charge in [-0.2, -0.15) is 10.4 Å². The van der Waals surface area contributed by atoms with Gasteiger partial charge in [-0.1, -0.05) is 99.0 Å². The Labute approximate surface area is 295 Å². The second-order valence-electron chi connectivity index (χ2n) is 13.1. The molecule has 1 rings (SSSR count). The molecule has 0 saturated heterocycles. The van der Waals surface area contributed by atoms with Crippen LogP contribution in [-0.4, -0.2) is 59.8 Å². The van der Waals surface area contributed by atoms with Crippen molar-refractivity contribution in [1.82, 2.24) is 15.3 Å². The first kappa shape index (κ1) is 43.0. The molecule has 1 aromatic carbocycles. The van der Waals surface area contributed by atoms with Gasteiger partial charge in [0.1, 0.15) is 6.07 Å². The van der Waals surface area contributed by atoms with Gasteiger partial charge in [-0.05, 0) is 62.6 Å². The second kappa shape index (κ2) is 24.2. The highest BCUT2D eigenvalue weighted by Crippen LogP contribution is 2.22. The number of hydrogen-bond donors (Lipinski definition) is 2. The van der Waals surface area contributed by atoms with E-state index < -0.39 is 5.91 Å². The van der Waals surface area contributed by atoms with Gasteiger partial charge in [-0.25, -0.2) is 0 Å². The molecule has 0 spiro atoms. The summed E-state index contributed by atoms with van der Waals surface area (Å²) in [4.78, 5) is 54.3. The molecule has 0 aliphatic heterocycles. The van der Waals surface area contributed by atoms with Crippen LogP contribution >= 0.6 is 0 Å². The van der Waals surface area contributed by atoms with Gasteiger partial charge in [0.25, 0.3) is 11.8 Å². The predicted octanol–water partition coefficient (Wildman–Crippen LogP) is 8.07. The van der Waals surface area contributed by atoms with Gasteiger partial charge in [0.05, 0.1) is 11.3 Å². The molecule has 3 amide bonds. The SMILES string of the molecule is CCCCC(CC)CN(CC(CC)CCCC)C(=O)c1cccc(N/N=C(C(=O)N(C)NC(=O)C(CC)CCCC)/C(C)=C(/C#N)C=O)c1. The fourth-order valence-electron chi connectivity index (χ4n) is 5.78. The lowest BCUT2D eigenvalue weighted by Crippen LogP contribution is -2.48. The van der Waals surface area contributed by atoms with Crippen LogP contribution in [0, 0.1) is 29.1 Å². The lowest BCUT2D eigenvalue weighted by Gasteiger charge is -2.31. The van der Waals surface area contributed by atoms with Gasteiger partial charge in [0, 0.05) is 37.2 Å². The van der Waals surface area contributed by atoms with Crippen LogP contribution in [0.1, 0.15) is 136 Å². The Hall–Kier alpha value is -4.00. The number of nitrogens with one attached hydrogen (secondary N) is 2. The number of anilines is 1. The van der Waals surface area contributed by atoms with Crippen molar-refractivity contribution in [1.29, 1.82) is 5.26 Å². The lowest BCUT2D eigenvalue weighted by atomic mass is 9.95. The highest BCUT2D eigenvalue weighted by atomic mass is 16.2. The maximum absolute atomic E-state index is 14.1. The lowest BCUT2D eigenvalue weighted by molar-refractivity contribution is -0.137. The largest absolute Gasteiger partial charge is 0.338 e. The second-order valence-corrected chi connectivity index (χ2v) is 13.1. The molecule has 10 nitrogen and oxygen atoms in total. The number of hydrogen-bond acceptors (Lipinski definition) is 7. The van der Waals surface area contributed by atoms with Gasteiger partial charge in [-0.3, -0.25) is 35.0 Å². The molecular weight excluding hydrogens is 616 g/mol. The summed E-state index contributed by atoms with van der Waals surface area (Å²) in [6.45, 7) is 15.6. The van der Waals surface area contributed by atoms with Crippen molar-refractivity contribution in [3.63, 3.8) is 0 Å². The summed E-state index contributed by atoms with van der Waals surface area (Å²) in [7, 11) is 1.41. The summed E-state index contributed by atoms with van der Waals surface area (Å²) in [6, 6.07) is 8.79. The molecule has 3 unspecified atom stereocenters. The van der Waals surface area contributed by atoms with Gasteiger partial charge < -0.3 is 4.90 Å². The molecule has 0 heterocycles. The van der Waals surface area contributed by atoms with Crippen molar-refractivity contribution < 1.29 is 19.2 Å². The quantitative estimate of drug-likeness (QED) is 0.0395. The average molecular weight is 679 g/mol. The maximum atomic E-state index is 14.1. The first-order valence-corrected chi connectivity index (χ1v) is 18.4. The number of benzene rings is 1. The smallest absolute Gasteiger partial charge is 0.292 e. The van der Waals surface area contributed by atoms with Crippen LogP contribution in [0.25, 0.3) is 0 Å². The standard InChI is InChI=1S/C39H62N6O4/c1-9-15-19-30(12-4)26-45(27-31(13-5)20-16-10-2)38(48)33-22-18-23-35(24-33)41-42-36(29(7)34(25-40)28-46)39(49)44(8)43-37(47)32(14-6)21-17-11-3/h18,22-24,28,30-32,41H,9-17,19-21,26-27H2,1-8H3,(H,43,47)/b34-29-,42-36-. The van der Waals surface area contributed by atoms with Crippen LogP contribution in [0.2, 0.25) is 0 Å². The number of carbonyl (C=O) groups is 4. The third-order valence-electron chi connectivity index (χ3n) is 9.29. The van der Waals surface area contributed by atoms with Crippen molar-refractivity contribution in [2.75, 3.05) is 25.6 Å². The number of rotatable bonds is 23. The minimum Gasteiger partial charge on any atom is -0.338 e. The van der Waals surface area contributed by atoms with Crippen LogP contribution in [0.4, 0.5) is 5.69 Å². The van der Waals surface area contributed by atoms with Gasteiger partial charge in [0.15, 0.2) is 12.0 Å². The fourth-order valence-corrected chi connectivity index (χ4v) is 5.78. The van der Waals surface area contributed by atoms with E-state index in [0.717, 1.165) is 69.2 Å². The number of aldehydes is 1. The molecule has 0 bridgehead atoms. The molecule has 3 atom stereocenters. The van der Waals surface area contributed by atoms with E-state index in [0.29, 0.717) is 55.3 Å². The number of allylic oxidation sites excluding steroid dienone is 1. The minimum atomic E-state index is -0.702. The zero-order chi connectivity index (χ0) is 36.8. The van der Waals surface area contributed by atoms with Gasteiger partial charge in [0.2, 0.25) is 5.91 Å². The number of amides is 3. The number of hydrazine groups is 1. The zero-order valence-electron chi connectivity index (χ0n) is 31.4. The summed E-state index contributed by atoms with van der Waals surface area (Å²) >= 11 is 0. The third kappa shape index (κ3) is 14.6. The Balaban J connectivity index is 3.44. The molecule has 49 heavy (non-hydrogen) atoms. The molecule has 2 N–H and O–H groups in total. The molecule has 0 aliphatic rings. The highest BCUT2D eigenvalue weighted by Gasteiger charge is 2.26. The molecule has 0 radical (unpaired) electrons. The van der Waals surface area contributed by atoms with Crippen molar-refractivity contribution in [3.05, 3.63) is 41.0 Å². The molecular formula is C39H62N6O4. The molecule has 0 aliphatic carbocycles. The summed E-state index contributed by atoms with van der Waals surface area (Å²) in [5.74, 6) is -0.446. The van der Waals surface area contributed by atoms with Crippen molar-refractivity contribution in [2.45, 2.75) is 126 Å². The summed E-state index contributed by atoms with van der Waals surface area (Å²) in [6.07, 6.45) is 12.2. The van der Waals surface area contributed by atoms with E-state index in [9.17, 15) is 24.4 Å². The first-order valence-electron chi connectivity index (χ1n) is 18.4. The van der Waals surface area contributed by atoms with Gasteiger partial charge in [-0.15, -0.1) is 0 Å². The van der Waals surface area contributed by atoms with E-state index in [1.807, 2.05) is 17.9 Å². The van der Waals surface area contributed by atoms with Crippen molar-refractivity contribution in [2.24, 2.45) is 22.9 Å². The fraction of sp³-hybridized carbons (Fsp3) is 0.641. The minimum absolute atomic E-state index is 0.0476. The van der Waals surface area contributed by atoms with Crippen LogP contribution in [0.15, 0.2) is 40.5 Å². The Morgan fingerprint density at radius 2 is 1.47 bits per heavy atom. The molecule has 272 valence electrons. The normalized spacial score (nSPS) is 13.7. The summed E-state index contributed by atoms with van der Waals surface area (Å²) in [5.41, 5.74) is 6.06. The Morgan fingerprint density at radius 3 is 1.96 bits per heavy atom. The van der Waals surface area contributed by atoms with E-state index in [1.54, 1.807) is 24.3 Å². The first-order chi connectivity index (χ1) is 23.5. The molecule has 0 aromatic heterocycles. The van der Waals surface area contributed by atoms with Crippen molar-refractivity contribution in [3.8, 4) is 6.07 Å². The number of nitriles is 1. The van der Waals surface area contributed by atoms with Gasteiger partial charge >= 0.3 is 0 Å². The Kier molecular flexibility index (Phi) is 21.2. The van der Waals surface area contributed by atoms with E-state index in [2.05, 4.69) is 50.6 Å².